The molecule has 0 bridgehead atoms. The Kier molecular flexibility index (Phi) is 7.26. The average molecular weight is 685 g/mol. The van der Waals surface area contributed by atoms with Crippen LogP contribution in [0.1, 0.15) is 125 Å². The summed E-state index contributed by atoms with van der Waals surface area (Å²) in [6, 6.07) is 17.9. The minimum Gasteiger partial charge on any atom is -0.324 e. The van der Waals surface area contributed by atoms with Gasteiger partial charge in [0.2, 0.25) is 0 Å². The number of pyridine rings is 4. The van der Waals surface area contributed by atoms with Crippen LogP contribution in [0.25, 0.3) is 65.7 Å². The van der Waals surface area contributed by atoms with Crippen molar-refractivity contribution in [3.8, 4) is 0 Å². The molecule has 260 valence electrons. The largest absolute Gasteiger partial charge is 0.324 e. The summed E-state index contributed by atoms with van der Waals surface area (Å²) in [6.07, 6.45) is 24.7. The number of hydrogen-bond acceptors (Lipinski definition) is 6. The first-order valence-electron chi connectivity index (χ1n) is 19.9. The van der Waals surface area contributed by atoms with Crippen LogP contribution in [-0.4, -0.2) is 39.0 Å². The number of aromatic nitrogens is 8. The maximum atomic E-state index is 5.61. The molecule has 6 heterocycles. The minimum absolute atomic E-state index is 0.382. The van der Waals surface area contributed by atoms with Crippen LogP contribution in [0.3, 0.4) is 0 Å². The molecule has 0 N–H and O–H groups in total. The Hall–Kier alpha value is -4.98. The molecule has 0 unspecified atom stereocenters. The predicted molar refractivity (Wildman–Crippen MR) is 209 cm³/mol. The predicted octanol–water partition coefficient (Wildman–Crippen LogP) is 11.0. The standard InChI is InChI=1S/C44H44N8/c1-3-11-27(12-4-1)43-49-39-31-15-7-23-45-35(31)37-33(17-9-25-47-37)41(39)51(43)29-19-21-30(22-20-29)52-42-34-18-10-26-48-38(34)36-32(16-8-24-46-36)40(42)50-44(52)28-13-5-2-6-14-28/h7-10,15-18,23-30H,1-6,11-14,19-22H2. The molecule has 52 heavy (non-hydrogen) atoms. The van der Waals surface area contributed by atoms with Gasteiger partial charge >= 0.3 is 0 Å². The molecule has 3 fully saturated rings. The van der Waals surface area contributed by atoms with Crippen molar-refractivity contribution in [1.29, 1.82) is 0 Å². The molecule has 0 radical (unpaired) electrons. The SMILES string of the molecule is c1cnc2c(c1)c1nc(C3CCCCC3)n(C3CCC(n4c(C5CCCCC5)nc5c6cccnc6c6ncccc6c54)CC3)c1c1cccnc12. The first-order valence-corrected chi connectivity index (χ1v) is 19.9. The molecular weight excluding hydrogens is 641 g/mol. The molecular formula is C44H44N8. The molecule has 8 aromatic rings. The smallest absolute Gasteiger partial charge is 0.113 e. The summed E-state index contributed by atoms with van der Waals surface area (Å²) in [6.45, 7) is 0. The third-order valence-electron chi connectivity index (χ3n) is 12.9. The number of hydrogen-bond donors (Lipinski definition) is 0. The molecule has 0 aliphatic heterocycles. The lowest BCUT2D eigenvalue weighted by molar-refractivity contribution is 0.264. The van der Waals surface area contributed by atoms with Gasteiger partial charge in [0.25, 0.3) is 0 Å². The van der Waals surface area contributed by atoms with Gasteiger partial charge in [-0.3, -0.25) is 19.9 Å². The lowest BCUT2D eigenvalue weighted by Crippen LogP contribution is -2.25. The monoisotopic (exact) mass is 684 g/mol. The zero-order valence-electron chi connectivity index (χ0n) is 29.7. The van der Waals surface area contributed by atoms with Crippen LogP contribution in [-0.2, 0) is 0 Å². The van der Waals surface area contributed by atoms with Gasteiger partial charge in [-0.15, -0.1) is 0 Å². The van der Waals surface area contributed by atoms with E-state index in [4.69, 9.17) is 29.9 Å². The van der Waals surface area contributed by atoms with Crippen LogP contribution in [0.2, 0.25) is 0 Å². The number of rotatable bonds is 4. The van der Waals surface area contributed by atoms with E-state index in [0.717, 1.165) is 69.6 Å². The average Bonchev–Trinajstić information content (AvgIpc) is 3.83. The van der Waals surface area contributed by atoms with Gasteiger partial charge in [0.05, 0.1) is 44.1 Å². The summed E-state index contributed by atoms with van der Waals surface area (Å²) in [7, 11) is 0. The molecule has 3 aliphatic carbocycles. The van der Waals surface area contributed by atoms with Crippen molar-refractivity contribution in [3.05, 3.63) is 85.0 Å². The van der Waals surface area contributed by atoms with Crippen LogP contribution < -0.4 is 0 Å². The van der Waals surface area contributed by atoms with Crippen molar-refractivity contribution in [2.24, 2.45) is 0 Å². The highest BCUT2D eigenvalue weighted by Crippen LogP contribution is 2.47. The van der Waals surface area contributed by atoms with Gasteiger partial charge in [-0.25, -0.2) is 9.97 Å². The fraction of sp³-hybridized carbons (Fsp3) is 0.409. The number of fused-ring (bicyclic) bond motifs is 12. The normalized spacial score (nSPS) is 21.0. The highest BCUT2D eigenvalue weighted by Gasteiger charge is 2.35. The Balaban J connectivity index is 1.07. The minimum atomic E-state index is 0.382. The number of nitrogens with zero attached hydrogens (tertiary/aromatic N) is 8. The maximum absolute atomic E-state index is 5.61. The summed E-state index contributed by atoms with van der Waals surface area (Å²) < 4.78 is 5.43. The van der Waals surface area contributed by atoms with Crippen LogP contribution in [0.5, 0.6) is 0 Å². The Morgan fingerprint density at radius 3 is 1.12 bits per heavy atom. The topological polar surface area (TPSA) is 87.2 Å². The first-order chi connectivity index (χ1) is 25.8. The van der Waals surface area contributed by atoms with Crippen LogP contribution in [0.4, 0.5) is 0 Å². The van der Waals surface area contributed by atoms with Gasteiger partial charge in [-0.05, 0) is 99.9 Å². The van der Waals surface area contributed by atoms with Crippen molar-refractivity contribution < 1.29 is 0 Å². The second kappa shape index (κ2) is 12.3. The molecule has 11 rings (SSSR count). The van der Waals surface area contributed by atoms with Crippen molar-refractivity contribution in [3.63, 3.8) is 0 Å². The summed E-state index contributed by atoms with van der Waals surface area (Å²) in [5, 5.41) is 4.61. The molecule has 0 saturated heterocycles. The van der Waals surface area contributed by atoms with Gasteiger partial charge in [-0.2, -0.15) is 0 Å². The van der Waals surface area contributed by atoms with E-state index in [2.05, 4.69) is 57.7 Å². The van der Waals surface area contributed by atoms with Crippen LogP contribution in [0.15, 0.2) is 73.3 Å². The molecule has 2 aromatic carbocycles. The van der Waals surface area contributed by atoms with Gasteiger partial charge in [0.15, 0.2) is 0 Å². The van der Waals surface area contributed by atoms with Gasteiger partial charge in [-0.1, -0.05) is 38.5 Å². The summed E-state index contributed by atoms with van der Waals surface area (Å²) in [5.74, 6) is 3.58. The highest BCUT2D eigenvalue weighted by atomic mass is 15.1. The Labute approximate surface area is 302 Å². The van der Waals surface area contributed by atoms with Gasteiger partial charge in [0, 0.05) is 70.3 Å². The van der Waals surface area contributed by atoms with Crippen molar-refractivity contribution in [2.75, 3.05) is 0 Å². The van der Waals surface area contributed by atoms with E-state index in [9.17, 15) is 0 Å². The van der Waals surface area contributed by atoms with E-state index in [1.54, 1.807) is 0 Å². The van der Waals surface area contributed by atoms with Crippen molar-refractivity contribution in [1.82, 2.24) is 39.0 Å². The van der Waals surface area contributed by atoms with Crippen molar-refractivity contribution in [2.45, 2.75) is 114 Å². The summed E-state index contributed by atoms with van der Waals surface area (Å²) >= 11 is 0. The van der Waals surface area contributed by atoms with E-state index in [1.165, 1.54) is 97.7 Å². The quantitative estimate of drug-likeness (QED) is 0.171. The molecule has 3 aliphatic rings. The Morgan fingerprint density at radius 1 is 0.385 bits per heavy atom. The summed E-state index contributed by atoms with van der Waals surface area (Å²) in [5.41, 5.74) is 8.62. The molecule has 3 saturated carbocycles. The van der Waals surface area contributed by atoms with Gasteiger partial charge < -0.3 is 9.13 Å². The molecule has 0 atom stereocenters. The fourth-order valence-corrected chi connectivity index (χ4v) is 10.5. The second-order valence-electron chi connectivity index (χ2n) is 15.8. The number of benzene rings is 2. The highest BCUT2D eigenvalue weighted by molar-refractivity contribution is 6.22. The van der Waals surface area contributed by atoms with Crippen LogP contribution >= 0.6 is 0 Å². The second-order valence-corrected chi connectivity index (χ2v) is 15.8. The Morgan fingerprint density at radius 2 is 0.731 bits per heavy atom. The first kappa shape index (κ1) is 30.6. The molecule has 6 aromatic heterocycles. The molecule has 8 heteroatoms. The number of imidazole rings is 2. The van der Waals surface area contributed by atoms with Crippen molar-refractivity contribution >= 4 is 65.7 Å². The summed E-state index contributed by atoms with van der Waals surface area (Å²) in [4.78, 5) is 30.7. The lowest BCUT2D eigenvalue weighted by atomic mass is 9.86. The Bertz CT molecular complexity index is 2450. The molecule has 0 spiro atoms. The van der Waals surface area contributed by atoms with Gasteiger partial charge in [0.1, 0.15) is 11.6 Å². The van der Waals surface area contributed by atoms with E-state index in [1.807, 2.05) is 24.8 Å². The van der Waals surface area contributed by atoms with Crippen LogP contribution in [0, 0.1) is 0 Å². The zero-order chi connectivity index (χ0) is 34.2. The van der Waals surface area contributed by atoms with E-state index >= 15 is 0 Å². The lowest BCUT2D eigenvalue weighted by Gasteiger charge is -2.35. The molecule has 0 amide bonds. The third kappa shape index (κ3) is 4.65. The van der Waals surface area contributed by atoms with E-state index in [-0.39, 0.29) is 0 Å². The van der Waals surface area contributed by atoms with E-state index in [0.29, 0.717) is 23.9 Å². The van der Waals surface area contributed by atoms with E-state index < -0.39 is 0 Å². The molecule has 8 nitrogen and oxygen atoms in total. The zero-order valence-corrected chi connectivity index (χ0v) is 29.7. The maximum Gasteiger partial charge on any atom is 0.113 e. The third-order valence-corrected chi connectivity index (χ3v) is 12.9. The fourth-order valence-electron chi connectivity index (χ4n) is 10.5.